The fourth-order valence-electron chi connectivity index (χ4n) is 1.76. The molecule has 4 heteroatoms. The second-order valence-electron chi connectivity index (χ2n) is 4.11. The van der Waals surface area contributed by atoms with Crippen molar-refractivity contribution in [2.45, 2.75) is 12.6 Å². The van der Waals surface area contributed by atoms with Crippen LogP contribution in [0.3, 0.4) is 0 Å². The number of methoxy groups -OCH3 is 2. The van der Waals surface area contributed by atoms with Crippen molar-refractivity contribution in [3.05, 3.63) is 29.8 Å². The van der Waals surface area contributed by atoms with E-state index in [1.165, 1.54) is 5.56 Å². The van der Waals surface area contributed by atoms with E-state index in [0.29, 0.717) is 13.2 Å². The highest BCUT2D eigenvalue weighted by Crippen LogP contribution is 2.14. The van der Waals surface area contributed by atoms with E-state index in [9.17, 15) is 0 Å². The summed E-state index contributed by atoms with van der Waals surface area (Å²) in [6.07, 6.45) is 0. The quantitative estimate of drug-likeness (QED) is 0.773. The van der Waals surface area contributed by atoms with Crippen LogP contribution in [0.5, 0.6) is 5.75 Å². The van der Waals surface area contributed by atoms with Crippen molar-refractivity contribution in [1.29, 1.82) is 0 Å². The molecular weight excluding hydrogens is 216 g/mol. The van der Waals surface area contributed by atoms with Crippen LogP contribution in [-0.4, -0.2) is 45.4 Å². The summed E-state index contributed by atoms with van der Waals surface area (Å²) in [7, 11) is 5.43. The molecular formula is C13H22N2O2. The Labute approximate surface area is 103 Å². The first-order chi connectivity index (χ1) is 8.21. The molecule has 1 rings (SSSR count). The molecule has 2 N–H and O–H groups in total. The third kappa shape index (κ3) is 4.34. The van der Waals surface area contributed by atoms with E-state index in [0.717, 1.165) is 12.3 Å². The molecule has 4 nitrogen and oxygen atoms in total. The van der Waals surface area contributed by atoms with Gasteiger partial charge in [0.05, 0.1) is 13.7 Å². The first kappa shape index (κ1) is 14.0. The molecule has 0 amide bonds. The molecule has 0 spiro atoms. The van der Waals surface area contributed by atoms with Crippen molar-refractivity contribution in [2.24, 2.45) is 5.73 Å². The third-order valence-electron chi connectivity index (χ3n) is 2.82. The van der Waals surface area contributed by atoms with Crippen LogP contribution >= 0.6 is 0 Å². The van der Waals surface area contributed by atoms with Gasteiger partial charge in [-0.3, -0.25) is 4.90 Å². The van der Waals surface area contributed by atoms with Gasteiger partial charge in [0.15, 0.2) is 0 Å². The molecule has 96 valence electrons. The van der Waals surface area contributed by atoms with Gasteiger partial charge in [-0.15, -0.1) is 0 Å². The molecule has 1 atom stereocenters. The highest BCUT2D eigenvalue weighted by atomic mass is 16.5. The SMILES string of the molecule is COCC(CN)N(C)Cc1cccc(OC)c1. The minimum Gasteiger partial charge on any atom is -0.497 e. The predicted octanol–water partition coefficient (Wildman–Crippen LogP) is 1.10. The molecule has 0 aromatic heterocycles. The second-order valence-corrected chi connectivity index (χ2v) is 4.11. The lowest BCUT2D eigenvalue weighted by atomic mass is 10.2. The summed E-state index contributed by atoms with van der Waals surface area (Å²) < 4.78 is 10.4. The zero-order chi connectivity index (χ0) is 12.7. The van der Waals surface area contributed by atoms with E-state index >= 15 is 0 Å². The summed E-state index contributed by atoms with van der Waals surface area (Å²) in [4.78, 5) is 2.19. The Morgan fingerprint density at radius 1 is 1.35 bits per heavy atom. The van der Waals surface area contributed by atoms with Crippen molar-refractivity contribution in [2.75, 3.05) is 34.4 Å². The average Bonchev–Trinajstić information content (AvgIpc) is 2.36. The second kappa shape index (κ2) is 7.27. The van der Waals surface area contributed by atoms with E-state index in [1.54, 1.807) is 14.2 Å². The third-order valence-corrected chi connectivity index (χ3v) is 2.82. The van der Waals surface area contributed by atoms with E-state index in [2.05, 4.69) is 18.0 Å². The van der Waals surface area contributed by atoms with Gasteiger partial charge in [-0.1, -0.05) is 12.1 Å². The fourth-order valence-corrected chi connectivity index (χ4v) is 1.76. The van der Waals surface area contributed by atoms with Gasteiger partial charge < -0.3 is 15.2 Å². The Balaban J connectivity index is 2.62. The van der Waals surface area contributed by atoms with Crippen molar-refractivity contribution < 1.29 is 9.47 Å². The molecule has 0 heterocycles. The predicted molar refractivity (Wildman–Crippen MR) is 69.2 cm³/mol. The van der Waals surface area contributed by atoms with Gasteiger partial charge in [0, 0.05) is 26.2 Å². The molecule has 1 aromatic carbocycles. The number of ether oxygens (including phenoxy) is 2. The minimum atomic E-state index is 0.242. The molecule has 0 saturated carbocycles. The Bertz CT molecular complexity index is 331. The van der Waals surface area contributed by atoms with E-state index in [1.807, 2.05) is 18.2 Å². The van der Waals surface area contributed by atoms with Crippen molar-refractivity contribution in [3.8, 4) is 5.75 Å². The summed E-state index contributed by atoms with van der Waals surface area (Å²) in [6.45, 7) is 2.08. The minimum absolute atomic E-state index is 0.242. The molecule has 17 heavy (non-hydrogen) atoms. The number of rotatable bonds is 7. The maximum absolute atomic E-state index is 5.72. The molecule has 0 aliphatic heterocycles. The molecule has 0 saturated heterocycles. The zero-order valence-electron chi connectivity index (χ0n) is 10.8. The first-order valence-corrected chi connectivity index (χ1v) is 5.73. The number of hydrogen-bond acceptors (Lipinski definition) is 4. The lowest BCUT2D eigenvalue weighted by Crippen LogP contribution is -2.40. The van der Waals surface area contributed by atoms with Crippen LogP contribution in [-0.2, 0) is 11.3 Å². The van der Waals surface area contributed by atoms with E-state index in [4.69, 9.17) is 15.2 Å². The number of hydrogen-bond donors (Lipinski definition) is 1. The normalized spacial score (nSPS) is 12.8. The van der Waals surface area contributed by atoms with Gasteiger partial charge >= 0.3 is 0 Å². The van der Waals surface area contributed by atoms with Crippen molar-refractivity contribution >= 4 is 0 Å². The van der Waals surface area contributed by atoms with Crippen LogP contribution in [0.2, 0.25) is 0 Å². The fraction of sp³-hybridized carbons (Fsp3) is 0.538. The van der Waals surface area contributed by atoms with Gasteiger partial charge in [-0.05, 0) is 24.7 Å². The molecule has 0 aliphatic rings. The van der Waals surface area contributed by atoms with Crippen LogP contribution < -0.4 is 10.5 Å². The number of nitrogens with two attached hydrogens (primary N) is 1. The number of likely N-dealkylation sites (N-methyl/N-ethyl adjacent to an activating group) is 1. The summed E-state index contributed by atoms with van der Waals surface area (Å²) >= 11 is 0. The van der Waals surface area contributed by atoms with Crippen molar-refractivity contribution in [1.82, 2.24) is 4.90 Å². The molecule has 0 bridgehead atoms. The smallest absolute Gasteiger partial charge is 0.119 e. The molecule has 0 aliphatic carbocycles. The molecule has 0 fully saturated rings. The van der Waals surface area contributed by atoms with Crippen LogP contribution in [0, 0.1) is 0 Å². The summed E-state index contributed by atoms with van der Waals surface area (Å²) in [6, 6.07) is 8.30. The largest absolute Gasteiger partial charge is 0.497 e. The molecule has 0 radical (unpaired) electrons. The Morgan fingerprint density at radius 2 is 2.12 bits per heavy atom. The molecule has 1 unspecified atom stereocenters. The lowest BCUT2D eigenvalue weighted by Gasteiger charge is -2.26. The van der Waals surface area contributed by atoms with Crippen LogP contribution in [0.15, 0.2) is 24.3 Å². The Morgan fingerprint density at radius 3 is 2.71 bits per heavy atom. The van der Waals surface area contributed by atoms with Gasteiger partial charge in [-0.25, -0.2) is 0 Å². The van der Waals surface area contributed by atoms with Crippen LogP contribution in [0.1, 0.15) is 5.56 Å². The highest BCUT2D eigenvalue weighted by molar-refractivity contribution is 5.28. The van der Waals surface area contributed by atoms with Crippen LogP contribution in [0.4, 0.5) is 0 Å². The van der Waals surface area contributed by atoms with Gasteiger partial charge in [0.2, 0.25) is 0 Å². The summed E-state index contributed by atoms with van der Waals surface area (Å²) in [5.41, 5.74) is 6.93. The van der Waals surface area contributed by atoms with E-state index < -0.39 is 0 Å². The van der Waals surface area contributed by atoms with Gasteiger partial charge in [0.25, 0.3) is 0 Å². The monoisotopic (exact) mass is 238 g/mol. The highest BCUT2D eigenvalue weighted by Gasteiger charge is 2.13. The standard InChI is InChI=1S/C13H22N2O2/c1-15(12(8-14)10-16-2)9-11-5-4-6-13(7-11)17-3/h4-7,12H,8-10,14H2,1-3H3. The topological polar surface area (TPSA) is 47.7 Å². The maximum Gasteiger partial charge on any atom is 0.119 e. The van der Waals surface area contributed by atoms with Crippen molar-refractivity contribution in [3.63, 3.8) is 0 Å². The van der Waals surface area contributed by atoms with Gasteiger partial charge in [-0.2, -0.15) is 0 Å². The summed E-state index contributed by atoms with van der Waals surface area (Å²) in [5, 5.41) is 0. The van der Waals surface area contributed by atoms with Gasteiger partial charge in [0.1, 0.15) is 5.75 Å². The number of nitrogens with zero attached hydrogens (tertiary/aromatic N) is 1. The van der Waals surface area contributed by atoms with E-state index in [-0.39, 0.29) is 6.04 Å². The average molecular weight is 238 g/mol. The first-order valence-electron chi connectivity index (χ1n) is 5.73. The Hall–Kier alpha value is -1.10. The maximum atomic E-state index is 5.72. The van der Waals surface area contributed by atoms with Crippen LogP contribution in [0.25, 0.3) is 0 Å². The zero-order valence-corrected chi connectivity index (χ0v) is 10.8. The number of benzene rings is 1. The summed E-state index contributed by atoms with van der Waals surface area (Å²) in [5.74, 6) is 0.881. The lowest BCUT2D eigenvalue weighted by molar-refractivity contribution is 0.106. The Kier molecular flexibility index (Phi) is 5.97. The molecule has 1 aromatic rings.